The Labute approximate surface area is 284 Å². The van der Waals surface area contributed by atoms with E-state index in [1.165, 1.54) is 60.0 Å². The van der Waals surface area contributed by atoms with Crippen LogP contribution in [0.15, 0.2) is 152 Å². The Morgan fingerprint density at radius 3 is 1.33 bits per heavy atom. The number of hydrogen-bond acceptors (Lipinski definition) is 3. The zero-order valence-corrected chi connectivity index (χ0v) is 27.3. The predicted octanol–water partition coefficient (Wildman–Crippen LogP) is 11.8. The molecule has 0 saturated heterocycles. The Morgan fingerprint density at radius 2 is 0.776 bits per heavy atom. The molecule has 1 aromatic heterocycles. The van der Waals surface area contributed by atoms with Crippen molar-refractivity contribution in [3.8, 4) is 45.3 Å². The SMILES string of the molecule is CC1(C)c2cc3c4ccccc4c4ccccc4c3cc2-c2c1cc(-c1nc(-c3ccccc3)nc(-c3ccccc3)n1)c1ccccc21. The summed E-state index contributed by atoms with van der Waals surface area (Å²) in [4.78, 5) is 15.3. The van der Waals surface area contributed by atoms with Gasteiger partial charge in [0.25, 0.3) is 0 Å². The van der Waals surface area contributed by atoms with E-state index in [1.807, 2.05) is 36.4 Å². The van der Waals surface area contributed by atoms with Gasteiger partial charge in [0, 0.05) is 22.1 Å². The third kappa shape index (κ3) is 4.12. The summed E-state index contributed by atoms with van der Waals surface area (Å²) in [7, 11) is 0. The lowest BCUT2D eigenvalue weighted by molar-refractivity contribution is 0.662. The average molecular weight is 626 g/mol. The van der Waals surface area contributed by atoms with Crippen molar-refractivity contribution in [2.24, 2.45) is 0 Å². The Hall–Kier alpha value is -6.19. The number of hydrogen-bond donors (Lipinski definition) is 0. The third-order valence-corrected chi connectivity index (χ3v) is 10.5. The molecule has 0 aliphatic heterocycles. The number of nitrogens with zero attached hydrogens (tertiary/aromatic N) is 3. The molecule has 0 radical (unpaired) electrons. The van der Waals surface area contributed by atoms with Gasteiger partial charge in [0.15, 0.2) is 17.5 Å². The van der Waals surface area contributed by atoms with Crippen LogP contribution in [-0.2, 0) is 5.41 Å². The number of rotatable bonds is 3. The van der Waals surface area contributed by atoms with Crippen LogP contribution >= 0.6 is 0 Å². The van der Waals surface area contributed by atoms with Gasteiger partial charge in [-0.3, -0.25) is 0 Å². The molecule has 230 valence electrons. The van der Waals surface area contributed by atoms with Crippen LogP contribution < -0.4 is 0 Å². The van der Waals surface area contributed by atoms with Crippen molar-refractivity contribution in [2.45, 2.75) is 19.3 Å². The maximum atomic E-state index is 5.16. The average Bonchev–Trinajstić information content (AvgIpc) is 3.39. The summed E-state index contributed by atoms with van der Waals surface area (Å²) in [6.45, 7) is 4.73. The second kappa shape index (κ2) is 10.4. The van der Waals surface area contributed by atoms with Gasteiger partial charge in [-0.2, -0.15) is 0 Å². The summed E-state index contributed by atoms with van der Waals surface area (Å²) in [5.41, 5.74) is 7.96. The summed E-state index contributed by atoms with van der Waals surface area (Å²) in [5, 5.41) is 10.1. The first kappa shape index (κ1) is 27.9. The summed E-state index contributed by atoms with van der Waals surface area (Å²) in [6.07, 6.45) is 0. The molecule has 1 aliphatic rings. The van der Waals surface area contributed by atoms with Gasteiger partial charge in [-0.05, 0) is 83.5 Å². The van der Waals surface area contributed by atoms with Crippen LogP contribution in [0.4, 0.5) is 0 Å². The minimum absolute atomic E-state index is 0.248. The summed E-state index contributed by atoms with van der Waals surface area (Å²) >= 11 is 0. The Bertz CT molecular complexity index is 2730. The molecule has 0 saturated carbocycles. The molecule has 3 heteroatoms. The molecule has 0 bridgehead atoms. The van der Waals surface area contributed by atoms with Crippen molar-refractivity contribution in [3.63, 3.8) is 0 Å². The molecular weight excluding hydrogens is 595 g/mol. The topological polar surface area (TPSA) is 38.7 Å². The van der Waals surface area contributed by atoms with E-state index < -0.39 is 0 Å². The molecule has 0 spiro atoms. The quantitative estimate of drug-likeness (QED) is 0.183. The highest BCUT2D eigenvalue weighted by atomic mass is 15.0. The molecule has 1 aliphatic carbocycles. The second-order valence-electron chi connectivity index (χ2n) is 13.6. The van der Waals surface area contributed by atoms with Gasteiger partial charge in [-0.15, -0.1) is 0 Å². The Balaban J connectivity index is 1.28. The zero-order chi connectivity index (χ0) is 32.7. The fourth-order valence-electron chi connectivity index (χ4n) is 8.09. The Morgan fingerprint density at radius 1 is 0.347 bits per heavy atom. The highest BCUT2D eigenvalue weighted by Crippen LogP contribution is 2.55. The van der Waals surface area contributed by atoms with Crippen molar-refractivity contribution in [3.05, 3.63) is 163 Å². The molecular formula is C46H31N3. The molecule has 0 atom stereocenters. The van der Waals surface area contributed by atoms with Crippen LogP contribution in [0, 0.1) is 0 Å². The smallest absolute Gasteiger partial charge is 0.164 e. The normalized spacial score (nSPS) is 13.3. The van der Waals surface area contributed by atoms with Gasteiger partial charge in [0.2, 0.25) is 0 Å². The lowest BCUT2D eigenvalue weighted by Gasteiger charge is -2.23. The van der Waals surface area contributed by atoms with E-state index in [4.69, 9.17) is 15.0 Å². The molecule has 0 N–H and O–H groups in total. The van der Waals surface area contributed by atoms with Gasteiger partial charge < -0.3 is 0 Å². The lowest BCUT2D eigenvalue weighted by atomic mass is 9.80. The van der Waals surface area contributed by atoms with E-state index in [0.29, 0.717) is 17.5 Å². The minimum Gasteiger partial charge on any atom is -0.208 e. The fraction of sp³-hybridized carbons (Fsp3) is 0.0652. The molecule has 49 heavy (non-hydrogen) atoms. The van der Waals surface area contributed by atoms with Crippen molar-refractivity contribution < 1.29 is 0 Å². The second-order valence-corrected chi connectivity index (χ2v) is 13.6. The van der Waals surface area contributed by atoms with E-state index in [9.17, 15) is 0 Å². The summed E-state index contributed by atoms with van der Waals surface area (Å²) in [5.74, 6) is 2.02. The van der Waals surface area contributed by atoms with Crippen LogP contribution in [0.3, 0.4) is 0 Å². The lowest BCUT2D eigenvalue weighted by Crippen LogP contribution is -2.15. The first-order chi connectivity index (χ1) is 24.1. The van der Waals surface area contributed by atoms with Gasteiger partial charge in [-0.25, -0.2) is 15.0 Å². The molecule has 0 unspecified atom stereocenters. The molecule has 0 fully saturated rings. The van der Waals surface area contributed by atoms with Gasteiger partial charge in [0.1, 0.15) is 0 Å². The summed E-state index contributed by atoms with van der Waals surface area (Å²) < 4.78 is 0. The maximum Gasteiger partial charge on any atom is 0.164 e. The maximum absolute atomic E-state index is 5.16. The molecule has 8 aromatic carbocycles. The van der Waals surface area contributed by atoms with E-state index >= 15 is 0 Å². The Kier molecular flexibility index (Phi) is 5.92. The van der Waals surface area contributed by atoms with Crippen molar-refractivity contribution in [1.29, 1.82) is 0 Å². The number of aromatic nitrogens is 3. The molecule has 10 rings (SSSR count). The van der Waals surface area contributed by atoms with E-state index in [2.05, 4.69) is 129 Å². The largest absolute Gasteiger partial charge is 0.208 e. The standard InChI is InChI=1S/C46H31N3/c1-46(2)40-26-37-33-22-12-10-20-31(33)30-19-9-11-21-32(30)36(37)25-39(40)42-35-24-14-13-23-34(35)38(27-41(42)46)45-48-43(28-15-5-3-6-16-28)47-44(49-45)29-17-7-4-8-18-29/h3-27H,1-2H3. The fourth-order valence-corrected chi connectivity index (χ4v) is 8.09. The number of fused-ring (bicyclic) bond motifs is 11. The highest BCUT2D eigenvalue weighted by molar-refractivity contribution is 6.26. The molecule has 1 heterocycles. The predicted molar refractivity (Wildman–Crippen MR) is 204 cm³/mol. The van der Waals surface area contributed by atoms with E-state index in [0.717, 1.165) is 22.1 Å². The van der Waals surface area contributed by atoms with Crippen LogP contribution in [0.2, 0.25) is 0 Å². The zero-order valence-electron chi connectivity index (χ0n) is 27.3. The molecule has 9 aromatic rings. The molecule has 3 nitrogen and oxygen atoms in total. The highest BCUT2D eigenvalue weighted by Gasteiger charge is 2.38. The van der Waals surface area contributed by atoms with Crippen LogP contribution in [-0.4, -0.2) is 15.0 Å². The van der Waals surface area contributed by atoms with E-state index in [-0.39, 0.29) is 5.41 Å². The summed E-state index contributed by atoms with van der Waals surface area (Å²) in [6, 6.07) is 54.1. The monoisotopic (exact) mass is 625 g/mol. The van der Waals surface area contributed by atoms with Crippen molar-refractivity contribution in [2.75, 3.05) is 0 Å². The molecule has 0 amide bonds. The van der Waals surface area contributed by atoms with Crippen LogP contribution in [0.1, 0.15) is 25.0 Å². The first-order valence-corrected chi connectivity index (χ1v) is 16.9. The number of benzene rings is 8. The van der Waals surface area contributed by atoms with Crippen LogP contribution in [0.25, 0.3) is 88.4 Å². The van der Waals surface area contributed by atoms with Gasteiger partial charge >= 0.3 is 0 Å². The van der Waals surface area contributed by atoms with Crippen molar-refractivity contribution >= 4 is 43.1 Å². The first-order valence-electron chi connectivity index (χ1n) is 16.9. The van der Waals surface area contributed by atoms with Gasteiger partial charge in [0.05, 0.1) is 0 Å². The van der Waals surface area contributed by atoms with Gasteiger partial charge in [-0.1, -0.05) is 147 Å². The third-order valence-electron chi connectivity index (χ3n) is 10.5. The van der Waals surface area contributed by atoms with Crippen molar-refractivity contribution in [1.82, 2.24) is 15.0 Å². The van der Waals surface area contributed by atoms with Crippen LogP contribution in [0.5, 0.6) is 0 Å². The van der Waals surface area contributed by atoms with E-state index in [1.54, 1.807) is 0 Å². The minimum atomic E-state index is -0.248.